The Kier molecular flexibility index (Phi) is 5.00. The van der Waals surface area contributed by atoms with E-state index in [0.717, 1.165) is 0 Å². The molecule has 2 N–H and O–H groups in total. The van der Waals surface area contributed by atoms with Crippen molar-refractivity contribution in [1.29, 1.82) is 5.26 Å². The number of rotatable bonds is 5. The molecule has 0 radical (unpaired) electrons. The van der Waals surface area contributed by atoms with Crippen LogP contribution in [0.5, 0.6) is 5.75 Å². The van der Waals surface area contributed by atoms with Gasteiger partial charge in [0.2, 0.25) is 5.91 Å². The van der Waals surface area contributed by atoms with Crippen LogP contribution in [-0.4, -0.2) is 25.6 Å². The summed E-state index contributed by atoms with van der Waals surface area (Å²) in [5.41, 5.74) is 1.07. The molecular formula is C13H17N3O2. The van der Waals surface area contributed by atoms with E-state index >= 15 is 0 Å². The maximum Gasteiger partial charge on any atom is 0.242 e. The van der Waals surface area contributed by atoms with Crippen molar-refractivity contribution in [3.05, 3.63) is 23.8 Å². The molecule has 1 atom stereocenters. The summed E-state index contributed by atoms with van der Waals surface area (Å²) in [5, 5.41) is 14.7. The molecule has 1 unspecified atom stereocenters. The maximum absolute atomic E-state index is 11.6. The van der Waals surface area contributed by atoms with Crippen molar-refractivity contribution < 1.29 is 9.53 Å². The van der Waals surface area contributed by atoms with E-state index in [0.29, 0.717) is 23.5 Å². The summed E-state index contributed by atoms with van der Waals surface area (Å²) in [7, 11) is 1.55. The van der Waals surface area contributed by atoms with Crippen LogP contribution < -0.4 is 15.4 Å². The summed E-state index contributed by atoms with van der Waals surface area (Å²) in [6.45, 7) is 4.18. The van der Waals surface area contributed by atoms with Crippen LogP contribution in [0, 0.1) is 11.3 Å². The number of amides is 1. The number of hydrogen-bond donors (Lipinski definition) is 2. The quantitative estimate of drug-likeness (QED) is 0.827. The van der Waals surface area contributed by atoms with Crippen LogP contribution in [-0.2, 0) is 4.79 Å². The smallest absolute Gasteiger partial charge is 0.242 e. The Bertz CT molecular complexity index is 466. The molecule has 0 saturated heterocycles. The third kappa shape index (κ3) is 3.39. The molecular weight excluding hydrogens is 230 g/mol. The monoisotopic (exact) mass is 247 g/mol. The first kappa shape index (κ1) is 13.8. The Labute approximate surface area is 107 Å². The van der Waals surface area contributed by atoms with Crippen LogP contribution in [0.1, 0.15) is 19.4 Å². The number of likely N-dealkylation sites (N-methyl/N-ethyl adjacent to an activating group) is 1. The van der Waals surface area contributed by atoms with E-state index in [1.54, 1.807) is 32.2 Å². The normalized spacial score (nSPS) is 11.2. The van der Waals surface area contributed by atoms with Crippen molar-refractivity contribution in [2.24, 2.45) is 0 Å². The fraction of sp³-hybridized carbons (Fsp3) is 0.385. The number of carbonyl (C=O) groups excluding carboxylic acids is 1. The molecule has 0 saturated carbocycles. The highest BCUT2D eigenvalue weighted by Crippen LogP contribution is 2.22. The molecule has 0 aliphatic heterocycles. The fourth-order valence-electron chi connectivity index (χ4n) is 1.49. The maximum atomic E-state index is 11.6. The molecule has 0 aromatic heterocycles. The predicted octanol–water partition coefficient (Wildman–Crippen LogP) is 1.50. The van der Waals surface area contributed by atoms with E-state index in [2.05, 4.69) is 16.7 Å². The molecule has 18 heavy (non-hydrogen) atoms. The Morgan fingerprint density at radius 2 is 2.28 bits per heavy atom. The van der Waals surface area contributed by atoms with Gasteiger partial charge in [-0.25, -0.2) is 0 Å². The molecule has 0 aliphatic rings. The third-order valence-corrected chi connectivity index (χ3v) is 2.46. The molecule has 1 amide bonds. The zero-order valence-corrected chi connectivity index (χ0v) is 10.8. The Morgan fingerprint density at radius 3 is 2.83 bits per heavy atom. The van der Waals surface area contributed by atoms with Crippen LogP contribution in [0.2, 0.25) is 0 Å². The Balaban J connectivity index is 2.88. The molecule has 0 bridgehead atoms. The highest BCUT2D eigenvalue weighted by Gasteiger charge is 2.13. The fourth-order valence-corrected chi connectivity index (χ4v) is 1.49. The number of anilines is 1. The van der Waals surface area contributed by atoms with Gasteiger partial charge in [-0.3, -0.25) is 4.79 Å². The summed E-state index contributed by atoms with van der Waals surface area (Å²) in [6, 6.07) is 6.73. The second kappa shape index (κ2) is 6.50. The zero-order chi connectivity index (χ0) is 13.5. The van der Waals surface area contributed by atoms with Gasteiger partial charge in [-0.2, -0.15) is 5.26 Å². The lowest BCUT2D eigenvalue weighted by Gasteiger charge is -2.16. The number of benzene rings is 1. The Morgan fingerprint density at radius 1 is 1.56 bits per heavy atom. The minimum absolute atomic E-state index is 0.107. The molecule has 0 heterocycles. The van der Waals surface area contributed by atoms with Crippen LogP contribution in [0.25, 0.3) is 0 Å². The van der Waals surface area contributed by atoms with E-state index in [1.807, 2.05) is 6.92 Å². The zero-order valence-electron chi connectivity index (χ0n) is 10.8. The summed E-state index contributed by atoms with van der Waals surface area (Å²) < 4.78 is 5.09. The summed E-state index contributed by atoms with van der Waals surface area (Å²) in [4.78, 5) is 11.6. The van der Waals surface area contributed by atoms with E-state index < -0.39 is 6.04 Å². The van der Waals surface area contributed by atoms with Gasteiger partial charge in [-0.15, -0.1) is 0 Å². The molecule has 1 rings (SSSR count). The minimum atomic E-state index is -0.413. The van der Waals surface area contributed by atoms with E-state index in [1.165, 1.54) is 0 Å². The molecule has 96 valence electrons. The lowest BCUT2D eigenvalue weighted by Crippen LogP contribution is -2.37. The average molecular weight is 247 g/mol. The van der Waals surface area contributed by atoms with Crippen molar-refractivity contribution >= 4 is 11.6 Å². The van der Waals surface area contributed by atoms with Crippen molar-refractivity contribution in [3.63, 3.8) is 0 Å². The molecule has 0 fully saturated rings. The van der Waals surface area contributed by atoms with E-state index in [9.17, 15) is 4.79 Å². The van der Waals surface area contributed by atoms with Gasteiger partial charge in [0.15, 0.2) is 0 Å². The second-order valence-corrected chi connectivity index (χ2v) is 3.78. The molecule has 5 nitrogen and oxygen atoms in total. The van der Waals surface area contributed by atoms with Crippen LogP contribution in [0.4, 0.5) is 5.69 Å². The number of methoxy groups -OCH3 is 1. The molecule has 5 heteroatoms. The topological polar surface area (TPSA) is 74.2 Å². The predicted molar refractivity (Wildman–Crippen MR) is 69.5 cm³/mol. The van der Waals surface area contributed by atoms with Crippen molar-refractivity contribution in [2.45, 2.75) is 19.9 Å². The largest absolute Gasteiger partial charge is 0.497 e. The second-order valence-electron chi connectivity index (χ2n) is 3.78. The summed E-state index contributed by atoms with van der Waals surface area (Å²) in [5.74, 6) is 0.531. The van der Waals surface area contributed by atoms with Gasteiger partial charge >= 0.3 is 0 Å². The number of nitrogens with zero attached hydrogens (tertiary/aromatic N) is 1. The first-order valence-corrected chi connectivity index (χ1v) is 5.74. The van der Waals surface area contributed by atoms with Gasteiger partial charge in [-0.1, -0.05) is 0 Å². The van der Waals surface area contributed by atoms with Gasteiger partial charge in [0.1, 0.15) is 17.9 Å². The standard InChI is InChI=1S/C13H17N3O2/c1-4-15-13(17)9(2)16-12-7-11(18-3)6-5-10(12)8-14/h5-7,9,16H,4H2,1-3H3,(H,15,17). The number of hydrogen-bond acceptors (Lipinski definition) is 4. The average Bonchev–Trinajstić information content (AvgIpc) is 2.38. The van der Waals surface area contributed by atoms with Gasteiger partial charge in [0.05, 0.1) is 18.4 Å². The molecule has 0 aliphatic carbocycles. The van der Waals surface area contributed by atoms with Crippen molar-refractivity contribution in [2.75, 3.05) is 19.0 Å². The number of carbonyl (C=O) groups is 1. The Hall–Kier alpha value is -2.22. The van der Waals surface area contributed by atoms with E-state index in [-0.39, 0.29) is 5.91 Å². The number of nitrogens with one attached hydrogen (secondary N) is 2. The lowest BCUT2D eigenvalue weighted by atomic mass is 10.1. The van der Waals surface area contributed by atoms with Crippen LogP contribution >= 0.6 is 0 Å². The van der Waals surface area contributed by atoms with Crippen LogP contribution in [0.3, 0.4) is 0 Å². The summed E-state index contributed by atoms with van der Waals surface area (Å²) in [6.07, 6.45) is 0. The van der Waals surface area contributed by atoms with Crippen molar-refractivity contribution in [3.8, 4) is 11.8 Å². The van der Waals surface area contributed by atoms with Crippen molar-refractivity contribution in [1.82, 2.24) is 5.32 Å². The first-order chi connectivity index (χ1) is 8.62. The minimum Gasteiger partial charge on any atom is -0.497 e. The lowest BCUT2D eigenvalue weighted by molar-refractivity contribution is -0.121. The number of nitriles is 1. The molecule has 1 aromatic carbocycles. The molecule has 0 spiro atoms. The SMILES string of the molecule is CCNC(=O)C(C)Nc1cc(OC)ccc1C#N. The highest BCUT2D eigenvalue weighted by molar-refractivity contribution is 5.84. The van der Waals surface area contributed by atoms with Gasteiger partial charge < -0.3 is 15.4 Å². The van der Waals surface area contributed by atoms with Crippen LogP contribution in [0.15, 0.2) is 18.2 Å². The van der Waals surface area contributed by atoms with Gasteiger partial charge in [0.25, 0.3) is 0 Å². The first-order valence-electron chi connectivity index (χ1n) is 5.74. The number of ether oxygens (including phenoxy) is 1. The van der Waals surface area contributed by atoms with Gasteiger partial charge in [-0.05, 0) is 26.0 Å². The van der Waals surface area contributed by atoms with Gasteiger partial charge in [0, 0.05) is 12.6 Å². The summed E-state index contributed by atoms with van der Waals surface area (Å²) >= 11 is 0. The highest BCUT2D eigenvalue weighted by atomic mass is 16.5. The van der Waals surface area contributed by atoms with E-state index in [4.69, 9.17) is 10.00 Å². The molecule has 1 aromatic rings. The third-order valence-electron chi connectivity index (χ3n) is 2.46.